The zero-order valence-corrected chi connectivity index (χ0v) is 11.6. The highest BCUT2D eigenvalue weighted by molar-refractivity contribution is 7.91. The molecule has 0 bridgehead atoms. The molecule has 104 valence electrons. The largest absolute Gasteiger partial charge is 0.396 e. The van der Waals surface area contributed by atoms with Crippen LogP contribution in [0.1, 0.15) is 10.7 Å². The lowest BCUT2D eigenvalue weighted by Gasteiger charge is -2.02. The summed E-state index contributed by atoms with van der Waals surface area (Å²) in [6.07, 6.45) is 2.03. The summed E-state index contributed by atoms with van der Waals surface area (Å²) in [5.41, 5.74) is 0. The second kappa shape index (κ2) is 6.24. The van der Waals surface area contributed by atoms with Crippen LogP contribution in [0.5, 0.6) is 0 Å². The number of rotatable bonds is 7. The van der Waals surface area contributed by atoms with Crippen molar-refractivity contribution in [2.24, 2.45) is 0 Å². The average Bonchev–Trinajstić information content (AvgIpc) is 3.00. The molecule has 0 aromatic carbocycles. The quantitative estimate of drug-likeness (QED) is 0.756. The number of thiophene rings is 1. The maximum atomic E-state index is 12.0. The van der Waals surface area contributed by atoms with Crippen molar-refractivity contribution in [2.45, 2.75) is 17.1 Å². The summed E-state index contributed by atoms with van der Waals surface area (Å²) < 4.78 is 31.2. The molecule has 0 atom stereocenters. The molecule has 0 saturated heterocycles. The number of nitrogens with one attached hydrogen (secondary N) is 1. The smallest absolute Gasteiger partial charge is 0.250 e. The number of aliphatic hydroxyl groups is 1. The van der Waals surface area contributed by atoms with Crippen molar-refractivity contribution in [3.63, 3.8) is 0 Å². The van der Waals surface area contributed by atoms with Crippen molar-refractivity contribution >= 4 is 21.4 Å². The summed E-state index contributed by atoms with van der Waals surface area (Å²) in [4.78, 5) is 4.63. The van der Waals surface area contributed by atoms with E-state index in [2.05, 4.69) is 19.4 Å². The van der Waals surface area contributed by atoms with E-state index < -0.39 is 10.0 Å². The molecule has 0 unspecified atom stereocenters. The van der Waals surface area contributed by atoms with Crippen LogP contribution in [-0.4, -0.2) is 36.8 Å². The van der Waals surface area contributed by atoms with Gasteiger partial charge in [-0.05, 0) is 12.1 Å². The van der Waals surface area contributed by atoms with Gasteiger partial charge in [0.2, 0.25) is 16.4 Å². The van der Waals surface area contributed by atoms with Crippen LogP contribution < -0.4 is 4.72 Å². The Labute approximate surface area is 114 Å². The van der Waals surface area contributed by atoms with Gasteiger partial charge in [-0.1, -0.05) is 5.16 Å². The van der Waals surface area contributed by atoms with Crippen LogP contribution in [0.25, 0.3) is 0 Å². The first kappa shape index (κ1) is 14.1. The zero-order valence-electron chi connectivity index (χ0n) is 9.94. The van der Waals surface area contributed by atoms with E-state index >= 15 is 0 Å². The molecule has 2 N–H and O–H groups in total. The molecule has 19 heavy (non-hydrogen) atoms. The minimum Gasteiger partial charge on any atom is -0.396 e. The van der Waals surface area contributed by atoms with Gasteiger partial charge in [0.05, 0.1) is 0 Å². The monoisotopic (exact) mass is 303 g/mol. The molecule has 2 aromatic heterocycles. The fourth-order valence-electron chi connectivity index (χ4n) is 1.42. The number of hydrogen-bond acceptors (Lipinski definition) is 7. The standard InChI is InChI=1S/C10H13N3O4S2/c14-6-4-8-1-2-10(18-8)19(15,16)12-5-3-9-11-7-17-13-9/h1-2,7,12,14H,3-6H2. The molecule has 0 saturated carbocycles. The SMILES string of the molecule is O=S(=O)(NCCc1ncon1)c1ccc(CCO)s1. The predicted octanol–water partition coefficient (Wildman–Crippen LogP) is 0.187. The van der Waals surface area contributed by atoms with Crippen molar-refractivity contribution in [1.29, 1.82) is 0 Å². The molecule has 0 fully saturated rings. The average molecular weight is 303 g/mol. The minimum atomic E-state index is -3.51. The van der Waals surface area contributed by atoms with Crippen LogP contribution in [0.15, 0.2) is 27.3 Å². The first-order chi connectivity index (χ1) is 9.12. The summed E-state index contributed by atoms with van der Waals surface area (Å²) in [5.74, 6) is 0.454. The Morgan fingerprint density at radius 1 is 1.37 bits per heavy atom. The normalized spacial score (nSPS) is 11.8. The van der Waals surface area contributed by atoms with Gasteiger partial charge in [0, 0.05) is 30.9 Å². The molecule has 0 spiro atoms. The summed E-state index contributed by atoms with van der Waals surface area (Å²) in [5, 5.41) is 12.4. The van der Waals surface area contributed by atoms with E-state index in [1.54, 1.807) is 6.07 Å². The Hall–Kier alpha value is -1.29. The molecule has 0 aliphatic heterocycles. The van der Waals surface area contributed by atoms with Gasteiger partial charge >= 0.3 is 0 Å². The first-order valence-corrected chi connectivity index (χ1v) is 7.86. The summed E-state index contributed by atoms with van der Waals surface area (Å²) in [7, 11) is -3.51. The second-order valence-electron chi connectivity index (χ2n) is 3.69. The third-order valence-corrected chi connectivity index (χ3v) is 5.41. The second-order valence-corrected chi connectivity index (χ2v) is 6.85. The zero-order chi connectivity index (χ0) is 13.7. The van der Waals surface area contributed by atoms with Gasteiger partial charge in [0.1, 0.15) is 4.21 Å². The van der Waals surface area contributed by atoms with E-state index in [1.165, 1.54) is 12.5 Å². The van der Waals surface area contributed by atoms with Crippen LogP contribution in [0.3, 0.4) is 0 Å². The molecule has 2 heterocycles. The molecular formula is C10H13N3O4S2. The minimum absolute atomic E-state index is 0.00522. The van der Waals surface area contributed by atoms with Crippen LogP contribution in [0, 0.1) is 0 Å². The van der Waals surface area contributed by atoms with E-state index in [0.29, 0.717) is 18.7 Å². The molecule has 0 radical (unpaired) electrons. The number of sulfonamides is 1. The van der Waals surface area contributed by atoms with Crippen molar-refractivity contribution in [1.82, 2.24) is 14.9 Å². The van der Waals surface area contributed by atoms with Crippen LogP contribution in [-0.2, 0) is 22.9 Å². The summed E-state index contributed by atoms with van der Waals surface area (Å²) >= 11 is 1.15. The molecule has 2 rings (SSSR count). The van der Waals surface area contributed by atoms with E-state index in [4.69, 9.17) is 5.11 Å². The van der Waals surface area contributed by atoms with E-state index in [1.807, 2.05) is 0 Å². The van der Waals surface area contributed by atoms with Crippen molar-refractivity contribution in [3.05, 3.63) is 29.2 Å². The Morgan fingerprint density at radius 2 is 2.21 bits per heavy atom. The lowest BCUT2D eigenvalue weighted by Crippen LogP contribution is -2.25. The van der Waals surface area contributed by atoms with E-state index in [-0.39, 0.29) is 17.4 Å². The Balaban J connectivity index is 1.93. The van der Waals surface area contributed by atoms with Crippen molar-refractivity contribution in [3.8, 4) is 0 Å². The molecule has 0 aliphatic rings. The van der Waals surface area contributed by atoms with Crippen LogP contribution >= 0.6 is 11.3 Å². The fraction of sp³-hybridized carbons (Fsp3) is 0.400. The van der Waals surface area contributed by atoms with Gasteiger partial charge in [0.15, 0.2) is 5.82 Å². The topological polar surface area (TPSA) is 105 Å². The molecule has 0 amide bonds. The lowest BCUT2D eigenvalue weighted by atomic mass is 10.4. The lowest BCUT2D eigenvalue weighted by molar-refractivity contribution is 0.300. The van der Waals surface area contributed by atoms with Crippen molar-refractivity contribution in [2.75, 3.05) is 13.2 Å². The van der Waals surface area contributed by atoms with Gasteiger partial charge in [-0.25, -0.2) is 13.1 Å². The van der Waals surface area contributed by atoms with Gasteiger partial charge < -0.3 is 9.63 Å². The van der Waals surface area contributed by atoms with Crippen molar-refractivity contribution < 1.29 is 18.0 Å². The van der Waals surface area contributed by atoms with E-state index in [0.717, 1.165) is 16.2 Å². The fourth-order valence-corrected chi connectivity index (χ4v) is 3.84. The molecule has 0 aliphatic carbocycles. The third kappa shape index (κ3) is 3.83. The van der Waals surface area contributed by atoms with E-state index in [9.17, 15) is 8.42 Å². The maximum Gasteiger partial charge on any atom is 0.250 e. The Morgan fingerprint density at radius 3 is 2.89 bits per heavy atom. The number of hydrogen-bond donors (Lipinski definition) is 2. The molecule has 2 aromatic rings. The predicted molar refractivity (Wildman–Crippen MR) is 68.3 cm³/mol. The highest BCUT2D eigenvalue weighted by Crippen LogP contribution is 2.21. The molecular weight excluding hydrogens is 290 g/mol. The Bertz CT molecular complexity index is 607. The van der Waals surface area contributed by atoms with Crippen LogP contribution in [0.4, 0.5) is 0 Å². The number of aliphatic hydroxyl groups excluding tert-OH is 1. The molecule has 9 heteroatoms. The van der Waals surface area contributed by atoms with Gasteiger partial charge in [-0.2, -0.15) is 4.98 Å². The van der Waals surface area contributed by atoms with Gasteiger partial charge in [-0.15, -0.1) is 11.3 Å². The van der Waals surface area contributed by atoms with Gasteiger partial charge in [0.25, 0.3) is 0 Å². The summed E-state index contributed by atoms with van der Waals surface area (Å²) in [6.45, 7) is 0.209. The van der Waals surface area contributed by atoms with Gasteiger partial charge in [-0.3, -0.25) is 0 Å². The first-order valence-electron chi connectivity index (χ1n) is 5.56. The molecule has 7 nitrogen and oxygen atoms in total. The third-order valence-electron chi connectivity index (χ3n) is 2.31. The Kier molecular flexibility index (Phi) is 4.64. The number of aromatic nitrogens is 2. The maximum absolute atomic E-state index is 12.0. The highest BCUT2D eigenvalue weighted by Gasteiger charge is 2.16. The number of nitrogens with zero attached hydrogens (tertiary/aromatic N) is 2. The highest BCUT2D eigenvalue weighted by atomic mass is 32.2. The van der Waals surface area contributed by atoms with Crippen LogP contribution in [0.2, 0.25) is 0 Å². The summed E-state index contributed by atoms with van der Waals surface area (Å²) in [6, 6.07) is 3.24.